The van der Waals surface area contributed by atoms with Crippen LogP contribution in [0.4, 0.5) is 13.2 Å². The molecule has 0 aliphatic heterocycles. The normalized spacial score (nSPS) is 13.9. The van der Waals surface area contributed by atoms with Crippen LogP contribution < -0.4 is 4.74 Å². The highest BCUT2D eigenvalue weighted by atomic mass is 35.5. The highest BCUT2D eigenvalue weighted by Crippen LogP contribution is 2.48. The summed E-state index contributed by atoms with van der Waals surface area (Å²) < 4.78 is 47.3. The Morgan fingerprint density at radius 1 is 1.20 bits per heavy atom. The molecule has 6 heteroatoms. The first-order chi connectivity index (χ1) is 14.1. The van der Waals surface area contributed by atoms with Crippen molar-refractivity contribution in [2.24, 2.45) is 0 Å². The molecule has 0 saturated heterocycles. The largest absolute Gasteiger partial charge is 0.496 e. The highest BCUT2D eigenvalue weighted by Gasteiger charge is 2.57. The van der Waals surface area contributed by atoms with Gasteiger partial charge in [0.1, 0.15) is 5.75 Å². The maximum atomic E-state index is 14.0. The van der Waals surface area contributed by atoms with Crippen LogP contribution in [0.3, 0.4) is 0 Å². The monoisotopic (exact) mass is 436 g/mol. The van der Waals surface area contributed by atoms with Gasteiger partial charge in [-0.3, -0.25) is 0 Å². The second-order valence-electron chi connectivity index (χ2n) is 6.83. The summed E-state index contributed by atoms with van der Waals surface area (Å²) in [5.74, 6) is -0.127. The molecule has 160 valence electrons. The molecule has 30 heavy (non-hydrogen) atoms. The van der Waals surface area contributed by atoms with Crippen molar-refractivity contribution < 1.29 is 23.0 Å². The van der Waals surface area contributed by atoms with Gasteiger partial charge in [0.15, 0.2) is 0 Å². The van der Waals surface area contributed by atoms with Gasteiger partial charge >= 0.3 is 6.18 Å². The summed E-state index contributed by atoms with van der Waals surface area (Å²) in [5.41, 5.74) is 0.536. The van der Waals surface area contributed by atoms with Gasteiger partial charge < -0.3 is 9.84 Å². The number of benzene rings is 2. The lowest BCUT2D eigenvalue weighted by molar-refractivity contribution is -0.248. The fourth-order valence-corrected chi connectivity index (χ4v) is 3.30. The first-order valence-corrected chi connectivity index (χ1v) is 9.82. The highest BCUT2D eigenvalue weighted by molar-refractivity contribution is 6.32. The Morgan fingerprint density at radius 2 is 1.87 bits per heavy atom. The molecule has 1 unspecified atom stereocenters. The number of halogens is 4. The lowest BCUT2D eigenvalue weighted by atomic mass is 9.84. The number of alkyl halides is 3. The van der Waals surface area contributed by atoms with E-state index in [4.69, 9.17) is 16.3 Å². The molecule has 2 rings (SSSR count). The molecular weight excluding hydrogens is 413 g/mol. The summed E-state index contributed by atoms with van der Waals surface area (Å²) in [6.07, 6.45) is 2.14. The van der Waals surface area contributed by atoms with Crippen LogP contribution in [0.1, 0.15) is 43.4 Å². The number of allylic oxidation sites excluding steroid dienone is 3. The predicted molar refractivity (Wildman–Crippen MR) is 115 cm³/mol. The van der Waals surface area contributed by atoms with Crippen molar-refractivity contribution >= 4 is 17.7 Å². The molecular formula is C24H24ClF3O2. The molecule has 0 saturated carbocycles. The van der Waals surface area contributed by atoms with E-state index in [1.54, 1.807) is 12.1 Å². The van der Waals surface area contributed by atoms with Crippen molar-refractivity contribution in [1.29, 1.82) is 0 Å². The predicted octanol–water partition coefficient (Wildman–Crippen LogP) is 7.06. The molecule has 0 aliphatic rings. The number of hydrogen-bond acceptors (Lipinski definition) is 2. The molecule has 0 heterocycles. The summed E-state index contributed by atoms with van der Waals surface area (Å²) in [6, 6.07) is 9.31. The smallest absolute Gasteiger partial charge is 0.425 e. The van der Waals surface area contributed by atoms with Crippen molar-refractivity contribution in [3.63, 3.8) is 0 Å². The number of methoxy groups -OCH3 is 1. The van der Waals surface area contributed by atoms with Gasteiger partial charge in [-0.2, -0.15) is 13.2 Å². The molecule has 0 radical (unpaired) electrons. The van der Waals surface area contributed by atoms with Crippen molar-refractivity contribution in [2.45, 2.75) is 38.5 Å². The van der Waals surface area contributed by atoms with Crippen molar-refractivity contribution in [3.8, 4) is 5.75 Å². The van der Waals surface area contributed by atoms with Crippen molar-refractivity contribution in [3.05, 3.63) is 87.6 Å². The van der Waals surface area contributed by atoms with Crippen LogP contribution in [0.5, 0.6) is 5.75 Å². The van der Waals surface area contributed by atoms with E-state index >= 15 is 0 Å². The average Bonchev–Trinajstić information content (AvgIpc) is 2.71. The van der Waals surface area contributed by atoms with E-state index in [0.29, 0.717) is 12.0 Å². The molecule has 0 bridgehead atoms. The molecule has 2 nitrogen and oxygen atoms in total. The van der Waals surface area contributed by atoms with Crippen LogP contribution in [0, 0.1) is 0 Å². The quantitative estimate of drug-likeness (QED) is 0.372. The van der Waals surface area contributed by atoms with E-state index in [-0.39, 0.29) is 16.3 Å². The zero-order chi connectivity index (χ0) is 22.4. The van der Waals surface area contributed by atoms with Gasteiger partial charge in [-0.1, -0.05) is 60.5 Å². The molecule has 1 atom stereocenters. The Kier molecular flexibility index (Phi) is 7.96. The van der Waals surface area contributed by atoms with Crippen LogP contribution in [-0.4, -0.2) is 18.4 Å². The van der Waals surface area contributed by atoms with E-state index in [0.717, 1.165) is 12.5 Å². The summed E-state index contributed by atoms with van der Waals surface area (Å²) in [4.78, 5) is 0. The molecule has 1 N–H and O–H groups in total. The number of hydrogen-bond donors (Lipinski definition) is 1. The number of aliphatic hydroxyl groups is 1. The van der Waals surface area contributed by atoms with E-state index in [1.165, 1.54) is 43.0 Å². The molecule has 0 spiro atoms. The van der Waals surface area contributed by atoms with Crippen LogP contribution >= 0.6 is 11.6 Å². The minimum Gasteiger partial charge on any atom is -0.496 e. The first kappa shape index (κ1) is 23.8. The van der Waals surface area contributed by atoms with E-state index in [9.17, 15) is 18.3 Å². The summed E-state index contributed by atoms with van der Waals surface area (Å²) >= 11 is 6.26. The molecule has 0 amide bonds. The van der Waals surface area contributed by atoms with Gasteiger partial charge in [0.05, 0.1) is 7.11 Å². The van der Waals surface area contributed by atoms with E-state index in [1.807, 2.05) is 19.9 Å². The zero-order valence-electron chi connectivity index (χ0n) is 17.1. The number of ether oxygens (including phenoxy) is 1. The van der Waals surface area contributed by atoms with E-state index < -0.39 is 17.3 Å². The molecule has 0 fully saturated rings. The molecule has 2 aromatic carbocycles. The maximum Gasteiger partial charge on any atom is 0.425 e. The van der Waals surface area contributed by atoms with Gasteiger partial charge in [-0.15, -0.1) is 5.73 Å². The van der Waals surface area contributed by atoms with Gasteiger partial charge in [-0.05, 0) is 49.6 Å². The van der Waals surface area contributed by atoms with Crippen LogP contribution in [0.2, 0.25) is 5.02 Å². The summed E-state index contributed by atoms with van der Waals surface area (Å²) in [6.45, 7) is 4.06. The second-order valence-corrected chi connectivity index (χ2v) is 7.23. The Labute approximate surface area is 180 Å². The zero-order valence-corrected chi connectivity index (χ0v) is 17.8. The Balaban J connectivity index is 2.55. The van der Waals surface area contributed by atoms with Gasteiger partial charge in [0.2, 0.25) is 5.60 Å². The third-order valence-electron chi connectivity index (χ3n) is 4.64. The second kappa shape index (κ2) is 10.0. The maximum absolute atomic E-state index is 14.0. The third kappa shape index (κ3) is 5.17. The van der Waals surface area contributed by atoms with Gasteiger partial charge in [0.25, 0.3) is 0 Å². The molecule has 0 aromatic heterocycles. The average molecular weight is 437 g/mol. The van der Waals surface area contributed by atoms with Crippen molar-refractivity contribution in [2.75, 3.05) is 7.11 Å². The minimum absolute atomic E-state index is 0.0473. The fraction of sp³-hybridized carbons (Fsp3) is 0.292. The minimum atomic E-state index is -4.99. The summed E-state index contributed by atoms with van der Waals surface area (Å²) in [7, 11) is 1.25. The van der Waals surface area contributed by atoms with E-state index in [2.05, 4.69) is 11.8 Å². The number of rotatable bonds is 7. The standard InChI is InChI=1S/C24H24ClF3O2/c1-4-10-17(2)11-8-9-12-18-15-22(30-3)20(16-21(18)25)23(29,24(26,27)28)19-13-6-5-7-14-19/h5-8,10,12-16,29H,4,11H2,1-3H3/b17-10+. The Hall–Kier alpha value is -2.46. The molecule has 0 aliphatic carbocycles. The van der Waals surface area contributed by atoms with Crippen LogP contribution in [0.25, 0.3) is 6.08 Å². The lowest BCUT2D eigenvalue weighted by Gasteiger charge is -2.32. The first-order valence-electron chi connectivity index (χ1n) is 9.44. The Morgan fingerprint density at radius 3 is 2.43 bits per heavy atom. The third-order valence-corrected chi connectivity index (χ3v) is 4.97. The topological polar surface area (TPSA) is 29.5 Å². The van der Waals surface area contributed by atoms with Crippen LogP contribution in [-0.2, 0) is 5.60 Å². The van der Waals surface area contributed by atoms with Gasteiger partial charge in [0, 0.05) is 16.1 Å². The Bertz CT molecular complexity index is 958. The fourth-order valence-electron chi connectivity index (χ4n) is 3.08. The van der Waals surface area contributed by atoms with Crippen molar-refractivity contribution in [1.82, 2.24) is 0 Å². The summed E-state index contributed by atoms with van der Waals surface area (Å²) in [5, 5.41) is 10.9. The van der Waals surface area contributed by atoms with Crippen LogP contribution in [0.15, 0.2) is 65.9 Å². The molecule has 2 aromatic rings. The SMILES string of the molecule is CC/C=C(\C)CC=C=Cc1cc(OC)c(C(O)(c2ccccc2)C(F)(F)F)cc1Cl. The lowest BCUT2D eigenvalue weighted by Crippen LogP contribution is -2.43. The van der Waals surface area contributed by atoms with Gasteiger partial charge in [-0.25, -0.2) is 0 Å².